The number of nitrogens with one attached hydrogen (secondary N) is 2. The molecule has 1 heterocycles. The molecule has 2 rings (SSSR count). The van der Waals surface area contributed by atoms with Crippen LogP contribution in [0, 0.1) is 0 Å². The molecule has 12 heteroatoms. The van der Waals surface area contributed by atoms with Crippen molar-refractivity contribution in [1.82, 2.24) is 15.0 Å². The maximum Gasteiger partial charge on any atom is 0.408 e. The van der Waals surface area contributed by atoms with E-state index >= 15 is 0 Å². The van der Waals surface area contributed by atoms with Gasteiger partial charge in [-0.2, -0.15) is 36.9 Å². The van der Waals surface area contributed by atoms with Crippen LogP contribution >= 0.6 is 0 Å². The lowest BCUT2D eigenvalue weighted by Gasteiger charge is -2.22. The minimum absolute atomic E-state index is 0.181. The minimum Gasteiger partial charge on any atom is -0.354 e. The first-order valence-electron chi connectivity index (χ1n) is 7.60. The second kappa shape index (κ2) is 7.08. The van der Waals surface area contributed by atoms with Gasteiger partial charge in [-0.25, -0.2) is 4.39 Å². The molecule has 1 atom stereocenters. The summed E-state index contributed by atoms with van der Waals surface area (Å²) >= 11 is 0. The number of nitrogens with zero attached hydrogens (tertiary/aromatic N) is 3. The van der Waals surface area contributed by atoms with Gasteiger partial charge in [0.2, 0.25) is 11.9 Å². The molecule has 1 aromatic rings. The number of rotatable bonds is 5. The molecule has 0 fully saturated rings. The Morgan fingerprint density at radius 1 is 1.19 bits per heavy atom. The van der Waals surface area contributed by atoms with Crippen LogP contribution in [0.4, 0.5) is 38.2 Å². The number of hydrogen-bond acceptors (Lipinski definition) is 6. The summed E-state index contributed by atoms with van der Waals surface area (Å²) in [4.78, 5) is 22.6. The molecular formula is C14H15F6N5O. The zero-order chi connectivity index (χ0) is 19.7. The lowest BCUT2D eigenvalue weighted by atomic mass is 9.93. The maximum atomic E-state index is 14.1. The number of carbonyl (C=O) groups excluding carboxylic acids is 1. The summed E-state index contributed by atoms with van der Waals surface area (Å²) in [5.41, 5.74) is -0.495. The van der Waals surface area contributed by atoms with Crippen LogP contribution in [0.1, 0.15) is 32.5 Å². The number of allylic oxidation sites excluding steroid dienone is 2. The first-order valence-corrected chi connectivity index (χ1v) is 7.60. The van der Waals surface area contributed by atoms with E-state index in [4.69, 9.17) is 0 Å². The van der Waals surface area contributed by atoms with Gasteiger partial charge in [-0.05, 0) is 20.3 Å². The molecule has 0 saturated heterocycles. The van der Waals surface area contributed by atoms with Gasteiger partial charge in [0.25, 0.3) is 5.78 Å². The Bertz CT molecular complexity index is 733. The second-order valence-corrected chi connectivity index (χ2v) is 5.57. The Labute approximate surface area is 144 Å². The molecule has 1 aliphatic carbocycles. The van der Waals surface area contributed by atoms with E-state index in [0.29, 0.717) is 0 Å². The first-order chi connectivity index (χ1) is 12.0. The first kappa shape index (κ1) is 19.9. The Kier molecular flexibility index (Phi) is 5.42. The molecule has 1 aliphatic rings. The van der Waals surface area contributed by atoms with Crippen LogP contribution in [0.2, 0.25) is 0 Å². The lowest BCUT2D eigenvalue weighted by molar-refractivity contribution is -0.142. The Balaban J connectivity index is 2.45. The zero-order valence-corrected chi connectivity index (χ0v) is 13.7. The van der Waals surface area contributed by atoms with E-state index in [0.717, 1.165) is 6.92 Å². The van der Waals surface area contributed by atoms with Crippen molar-refractivity contribution >= 4 is 23.3 Å². The van der Waals surface area contributed by atoms with E-state index in [9.17, 15) is 31.1 Å². The highest BCUT2D eigenvalue weighted by atomic mass is 19.4. The highest BCUT2D eigenvalue weighted by molar-refractivity contribution is 6.05. The second-order valence-electron chi connectivity index (χ2n) is 5.57. The minimum atomic E-state index is -4.60. The zero-order valence-electron chi connectivity index (χ0n) is 13.7. The van der Waals surface area contributed by atoms with Crippen molar-refractivity contribution in [3.8, 4) is 0 Å². The van der Waals surface area contributed by atoms with Gasteiger partial charge in [0.05, 0.1) is 0 Å². The molecule has 2 N–H and O–H groups in total. The molecule has 144 valence electrons. The van der Waals surface area contributed by atoms with Crippen molar-refractivity contribution in [3.63, 3.8) is 0 Å². The normalized spacial score (nSPS) is 18.7. The Morgan fingerprint density at radius 2 is 1.81 bits per heavy atom. The van der Waals surface area contributed by atoms with Crippen LogP contribution < -0.4 is 10.6 Å². The molecule has 1 aromatic heterocycles. The quantitative estimate of drug-likeness (QED) is 0.760. The van der Waals surface area contributed by atoms with Gasteiger partial charge in [0, 0.05) is 18.5 Å². The van der Waals surface area contributed by atoms with Gasteiger partial charge in [-0.3, -0.25) is 4.79 Å². The van der Waals surface area contributed by atoms with E-state index in [2.05, 4.69) is 20.3 Å². The smallest absolute Gasteiger partial charge is 0.354 e. The van der Waals surface area contributed by atoms with Crippen molar-refractivity contribution in [2.45, 2.75) is 44.8 Å². The molecular weight excluding hydrogens is 368 g/mol. The summed E-state index contributed by atoms with van der Waals surface area (Å²) in [5.74, 6) is -8.72. The summed E-state index contributed by atoms with van der Waals surface area (Å²) in [6.45, 7) is 2.76. The fraction of sp³-hybridized carbons (Fsp3) is 0.571. The third kappa shape index (κ3) is 4.22. The van der Waals surface area contributed by atoms with E-state index in [-0.39, 0.29) is 12.5 Å². The SMILES string of the molecule is CCNc1nc(N[C@H](C)C(F)(F)F)nc(C2=C(F)C(=O)C(F)(F)CC2)n1. The molecule has 0 radical (unpaired) electrons. The van der Waals surface area contributed by atoms with Gasteiger partial charge in [-0.1, -0.05) is 0 Å². The molecule has 0 aromatic carbocycles. The van der Waals surface area contributed by atoms with Gasteiger partial charge in [0.1, 0.15) is 6.04 Å². The summed E-state index contributed by atoms with van der Waals surface area (Å²) in [6.07, 6.45) is -6.09. The molecule has 0 saturated carbocycles. The molecule has 0 spiro atoms. The van der Waals surface area contributed by atoms with Gasteiger partial charge in [0.15, 0.2) is 11.7 Å². The van der Waals surface area contributed by atoms with Crippen molar-refractivity contribution in [3.05, 3.63) is 11.7 Å². The van der Waals surface area contributed by atoms with Crippen LogP contribution in [0.15, 0.2) is 5.83 Å². The van der Waals surface area contributed by atoms with Crippen LogP contribution in [0.5, 0.6) is 0 Å². The topological polar surface area (TPSA) is 79.8 Å². The predicted octanol–water partition coefficient (Wildman–Crippen LogP) is 3.34. The van der Waals surface area contributed by atoms with Crippen LogP contribution in [-0.4, -0.2) is 45.4 Å². The standard InChI is InChI=1S/C14H15F6N5O/c1-3-21-11-23-10(7-4-5-13(16,17)9(26)8(7)15)24-12(25-11)22-6(2)14(18,19)20/h6H,3-5H2,1-2H3,(H2,21,22,23,24,25)/t6-/m1/s1. The summed E-state index contributed by atoms with van der Waals surface area (Å²) in [5, 5.41) is 4.62. The summed E-state index contributed by atoms with van der Waals surface area (Å²) in [7, 11) is 0. The molecule has 0 unspecified atom stereocenters. The monoisotopic (exact) mass is 383 g/mol. The van der Waals surface area contributed by atoms with Gasteiger partial charge < -0.3 is 10.6 Å². The Hall–Kier alpha value is -2.40. The van der Waals surface area contributed by atoms with Gasteiger partial charge in [-0.15, -0.1) is 0 Å². The number of carbonyl (C=O) groups is 1. The predicted molar refractivity (Wildman–Crippen MR) is 80.3 cm³/mol. The molecule has 0 aliphatic heterocycles. The Morgan fingerprint density at radius 3 is 2.38 bits per heavy atom. The largest absolute Gasteiger partial charge is 0.408 e. The average molecular weight is 383 g/mol. The third-order valence-electron chi connectivity index (χ3n) is 3.56. The number of ketones is 1. The van der Waals surface area contributed by atoms with E-state index in [1.165, 1.54) is 0 Å². The van der Waals surface area contributed by atoms with Crippen LogP contribution in [0.3, 0.4) is 0 Å². The molecule has 0 bridgehead atoms. The van der Waals surface area contributed by atoms with Crippen molar-refractivity contribution in [2.24, 2.45) is 0 Å². The maximum absolute atomic E-state index is 14.1. The number of alkyl halides is 5. The number of halogens is 6. The number of anilines is 2. The van der Waals surface area contributed by atoms with E-state index in [1.54, 1.807) is 6.92 Å². The highest BCUT2D eigenvalue weighted by Gasteiger charge is 2.46. The van der Waals surface area contributed by atoms with Crippen molar-refractivity contribution in [1.29, 1.82) is 0 Å². The van der Waals surface area contributed by atoms with Gasteiger partial charge >= 0.3 is 12.1 Å². The molecule has 6 nitrogen and oxygen atoms in total. The number of hydrogen-bond donors (Lipinski definition) is 2. The van der Waals surface area contributed by atoms with E-state index < -0.39 is 59.9 Å². The van der Waals surface area contributed by atoms with Crippen LogP contribution in [-0.2, 0) is 4.79 Å². The van der Waals surface area contributed by atoms with Crippen molar-refractivity contribution in [2.75, 3.05) is 17.2 Å². The number of aromatic nitrogens is 3. The average Bonchev–Trinajstić information content (AvgIpc) is 2.52. The van der Waals surface area contributed by atoms with Crippen LogP contribution in [0.25, 0.3) is 5.57 Å². The van der Waals surface area contributed by atoms with Crippen molar-refractivity contribution < 1.29 is 31.1 Å². The third-order valence-corrected chi connectivity index (χ3v) is 3.56. The molecule has 26 heavy (non-hydrogen) atoms. The lowest BCUT2D eigenvalue weighted by Crippen LogP contribution is -2.34. The number of Topliss-reactive ketones (excluding diaryl/α,β-unsaturated/α-hetero) is 1. The fourth-order valence-electron chi connectivity index (χ4n) is 2.10. The van der Waals surface area contributed by atoms with E-state index in [1.807, 2.05) is 5.32 Å². The summed E-state index contributed by atoms with van der Waals surface area (Å²) in [6, 6.07) is -2.02. The fourth-order valence-corrected chi connectivity index (χ4v) is 2.10. The summed E-state index contributed by atoms with van der Waals surface area (Å²) < 4.78 is 78.7. The highest BCUT2D eigenvalue weighted by Crippen LogP contribution is 2.38. The molecule has 0 amide bonds.